The van der Waals surface area contributed by atoms with E-state index in [-0.39, 0.29) is 12.0 Å². The minimum atomic E-state index is 0.0961. The van der Waals surface area contributed by atoms with Gasteiger partial charge in [-0.3, -0.25) is 4.79 Å². The van der Waals surface area contributed by atoms with E-state index >= 15 is 0 Å². The van der Waals surface area contributed by atoms with Crippen molar-refractivity contribution in [2.75, 3.05) is 33.3 Å². The van der Waals surface area contributed by atoms with Gasteiger partial charge in [0.05, 0.1) is 6.10 Å². The average molecular weight is 404 g/mol. The van der Waals surface area contributed by atoms with Gasteiger partial charge in [0.25, 0.3) is 0 Å². The Hall–Kier alpha value is -2.63. The average Bonchev–Trinajstić information content (AvgIpc) is 2.95. The predicted molar refractivity (Wildman–Crippen MR) is 120 cm³/mol. The maximum Gasteiger partial charge on any atom is 0.246 e. The van der Waals surface area contributed by atoms with Crippen LogP contribution in [0.4, 0.5) is 0 Å². The Morgan fingerprint density at radius 3 is 3.13 bits per heavy atom. The number of methoxy groups -OCH3 is 1. The van der Waals surface area contributed by atoms with Crippen molar-refractivity contribution in [1.29, 1.82) is 0 Å². The Balaban J connectivity index is 1.39. The summed E-state index contributed by atoms with van der Waals surface area (Å²) in [5.74, 6) is 0.550. The highest BCUT2D eigenvalue weighted by Crippen LogP contribution is 2.46. The second-order valence-electron chi connectivity index (χ2n) is 8.39. The molecule has 1 aromatic rings. The first-order valence-corrected chi connectivity index (χ1v) is 11.0. The topological polar surface area (TPSA) is 57.4 Å². The van der Waals surface area contributed by atoms with E-state index in [9.17, 15) is 4.79 Å². The number of nitrogens with zero attached hydrogens (tertiary/aromatic N) is 1. The van der Waals surface area contributed by atoms with E-state index in [1.807, 2.05) is 11.0 Å². The van der Waals surface area contributed by atoms with Gasteiger partial charge in [-0.1, -0.05) is 30.4 Å². The zero-order valence-corrected chi connectivity index (χ0v) is 17.5. The van der Waals surface area contributed by atoms with Crippen LogP contribution in [0.3, 0.4) is 0 Å². The van der Waals surface area contributed by atoms with Crippen LogP contribution < -0.4 is 5.32 Å². The zero-order valence-electron chi connectivity index (χ0n) is 17.5. The minimum absolute atomic E-state index is 0.0961. The van der Waals surface area contributed by atoms with E-state index in [4.69, 9.17) is 4.74 Å². The molecule has 2 atom stereocenters. The van der Waals surface area contributed by atoms with Crippen LogP contribution in [0, 0.1) is 0 Å². The van der Waals surface area contributed by atoms with Crippen LogP contribution in [-0.2, 0) is 16.0 Å². The van der Waals surface area contributed by atoms with E-state index in [0.29, 0.717) is 5.92 Å². The van der Waals surface area contributed by atoms with Crippen molar-refractivity contribution in [3.05, 3.63) is 70.6 Å². The van der Waals surface area contributed by atoms with Crippen molar-refractivity contribution in [1.82, 2.24) is 15.2 Å². The Morgan fingerprint density at radius 1 is 1.30 bits per heavy atom. The molecule has 5 nitrogen and oxygen atoms in total. The van der Waals surface area contributed by atoms with Crippen molar-refractivity contribution in [3.63, 3.8) is 0 Å². The summed E-state index contributed by atoms with van der Waals surface area (Å²) in [6.45, 7) is 3.46. The summed E-state index contributed by atoms with van der Waals surface area (Å²) in [6.07, 6.45) is 19.8. The highest BCUT2D eigenvalue weighted by Gasteiger charge is 2.35. The molecule has 1 fully saturated rings. The Bertz CT molecular complexity index is 984. The number of H-pyrrole nitrogens is 1. The number of carbonyl (C=O) groups is 1. The number of carbonyl (C=O) groups excluding carboxylic acids is 1. The van der Waals surface area contributed by atoms with Crippen molar-refractivity contribution >= 4 is 17.6 Å². The molecule has 0 radical (unpaired) electrons. The zero-order chi connectivity index (χ0) is 20.5. The second-order valence-corrected chi connectivity index (χ2v) is 8.39. The smallest absolute Gasteiger partial charge is 0.246 e. The second kappa shape index (κ2) is 8.25. The van der Waals surface area contributed by atoms with Gasteiger partial charge in [-0.15, -0.1) is 0 Å². The monoisotopic (exact) mass is 403 g/mol. The summed E-state index contributed by atoms with van der Waals surface area (Å²) < 4.78 is 5.71. The summed E-state index contributed by atoms with van der Waals surface area (Å²) in [5, 5.41) is 3.34. The predicted octanol–water partition coefficient (Wildman–Crippen LogP) is 3.34. The lowest BCUT2D eigenvalue weighted by molar-refractivity contribution is -0.125. The number of nitrogens with one attached hydrogen (secondary N) is 2. The quantitative estimate of drug-likeness (QED) is 0.758. The first-order chi connectivity index (χ1) is 14.7. The molecule has 30 heavy (non-hydrogen) atoms. The highest BCUT2D eigenvalue weighted by molar-refractivity contribution is 5.89. The van der Waals surface area contributed by atoms with Crippen molar-refractivity contribution < 1.29 is 9.53 Å². The Kier molecular flexibility index (Phi) is 5.32. The molecule has 3 aliphatic carbocycles. The maximum atomic E-state index is 12.6. The van der Waals surface area contributed by atoms with Crippen molar-refractivity contribution in [2.45, 2.75) is 31.3 Å². The third-order valence-electron chi connectivity index (χ3n) is 6.56. The van der Waals surface area contributed by atoms with E-state index in [1.54, 1.807) is 13.2 Å². The van der Waals surface area contributed by atoms with Gasteiger partial charge in [0.15, 0.2) is 0 Å². The molecule has 0 bridgehead atoms. The third-order valence-corrected chi connectivity index (χ3v) is 6.56. The Labute approximate surface area is 177 Å². The van der Waals surface area contributed by atoms with Gasteiger partial charge in [-0.25, -0.2) is 0 Å². The number of hydrogen-bond acceptors (Lipinski definition) is 3. The number of amides is 1. The van der Waals surface area contributed by atoms with Crippen molar-refractivity contribution in [3.8, 4) is 0 Å². The molecule has 5 rings (SSSR count). The van der Waals surface area contributed by atoms with Gasteiger partial charge in [-0.2, -0.15) is 0 Å². The lowest BCUT2D eigenvalue weighted by atomic mass is 9.76. The largest absolute Gasteiger partial charge is 0.376 e. The number of hydrogen-bond donors (Lipinski definition) is 2. The minimum Gasteiger partial charge on any atom is -0.376 e. The molecule has 2 unspecified atom stereocenters. The molecule has 0 saturated carbocycles. The number of allylic oxidation sites excluding steroid dienone is 6. The summed E-state index contributed by atoms with van der Waals surface area (Å²) in [4.78, 5) is 18.2. The van der Waals surface area contributed by atoms with Crippen LogP contribution in [0.5, 0.6) is 0 Å². The van der Waals surface area contributed by atoms with E-state index in [1.165, 1.54) is 22.4 Å². The molecule has 156 valence electrons. The number of aromatic nitrogens is 1. The van der Waals surface area contributed by atoms with Crippen LogP contribution in [0.2, 0.25) is 0 Å². The van der Waals surface area contributed by atoms with Crippen LogP contribution in [0.25, 0.3) is 11.6 Å². The van der Waals surface area contributed by atoms with Crippen LogP contribution in [0.1, 0.15) is 41.3 Å². The van der Waals surface area contributed by atoms with E-state index < -0.39 is 0 Å². The number of rotatable bonds is 4. The summed E-state index contributed by atoms with van der Waals surface area (Å²) >= 11 is 0. The fraction of sp³-hybridized carbons (Fsp3) is 0.400. The van der Waals surface area contributed by atoms with Gasteiger partial charge < -0.3 is 19.9 Å². The SMILES string of the molecule is COC1CC=CC=C1c1[nH]c2c3c1CC3C=CC(/C=C/C(=O)N1CCCNCC1)=C2. The molecule has 2 heterocycles. The molecular weight excluding hydrogens is 374 g/mol. The van der Waals surface area contributed by atoms with Crippen LogP contribution in [0.15, 0.2) is 48.1 Å². The highest BCUT2D eigenvalue weighted by atomic mass is 16.5. The number of aromatic amines is 1. The molecule has 1 aliphatic heterocycles. The van der Waals surface area contributed by atoms with Gasteiger partial charge >= 0.3 is 0 Å². The Morgan fingerprint density at radius 2 is 2.23 bits per heavy atom. The first kappa shape index (κ1) is 19.3. The van der Waals surface area contributed by atoms with Gasteiger partial charge in [-0.05, 0) is 54.7 Å². The van der Waals surface area contributed by atoms with Gasteiger partial charge in [0.1, 0.15) is 0 Å². The summed E-state index contributed by atoms with van der Waals surface area (Å²) in [7, 11) is 1.78. The lowest BCUT2D eigenvalue weighted by Gasteiger charge is -2.27. The summed E-state index contributed by atoms with van der Waals surface area (Å²) in [6, 6.07) is 0. The standard InChI is InChI=1S/C25H29N3O2/c1-30-22-6-3-2-5-19(22)25-20-16-18-9-7-17(15-21(27-25)24(18)20)8-10-23(29)28-13-4-11-26-12-14-28/h2-3,5,7-10,15,18,22,26-27H,4,6,11-14,16H2,1H3/b10-8+. The molecule has 2 N–H and O–H groups in total. The molecule has 1 saturated heterocycles. The number of ether oxygens (including phenoxy) is 1. The van der Waals surface area contributed by atoms with Crippen LogP contribution in [-0.4, -0.2) is 55.2 Å². The molecule has 1 aromatic heterocycles. The lowest BCUT2D eigenvalue weighted by Crippen LogP contribution is -2.32. The normalized spacial score (nSPS) is 25.3. The molecular formula is C25H29N3O2. The maximum absolute atomic E-state index is 12.6. The third kappa shape index (κ3) is 3.53. The van der Waals surface area contributed by atoms with Crippen LogP contribution >= 0.6 is 0 Å². The van der Waals surface area contributed by atoms with E-state index in [2.05, 4.69) is 46.8 Å². The van der Waals surface area contributed by atoms with Gasteiger partial charge in [0.2, 0.25) is 5.91 Å². The fourth-order valence-electron chi connectivity index (χ4n) is 4.89. The first-order valence-electron chi connectivity index (χ1n) is 11.0. The van der Waals surface area contributed by atoms with Crippen molar-refractivity contribution in [2.24, 2.45) is 0 Å². The molecule has 1 amide bonds. The summed E-state index contributed by atoms with van der Waals surface area (Å²) in [5.41, 5.74) is 7.49. The molecule has 0 spiro atoms. The molecule has 4 aliphatic rings. The molecule has 0 aromatic carbocycles. The van der Waals surface area contributed by atoms with E-state index in [0.717, 1.165) is 56.7 Å². The van der Waals surface area contributed by atoms with Gasteiger partial charge in [0, 0.05) is 55.7 Å². The fourth-order valence-corrected chi connectivity index (χ4v) is 4.89. The molecule has 5 heteroatoms.